The van der Waals surface area contributed by atoms with Crippen LogP contribution in [0.2, 0.25) is 0 Å². The molecule has 0 aromatic heterocycles. The molecule has 2 aromatic carbocycles. The van der Waals surface area contributed by atoms with Crippen LogP contribution in [0.4, 0.5) is 0 Å². The summed E-state index contributed by atoms with van der Waals surface area (Å²) < 4.78 is 25.1. The molecular weight excluding hydrogens is 354 g/mol. The standard InChI is InChI=1S/C15H10BrNO3S/c16-13-5-7-14(8-6-13)21(19,20)10-15(18)12-3-1-11(9-17)2-4-12/h1-8H,10H2. The lowest BCUT2D eigenvalue weighted by molar-refractivity contribution is 0.102. The van der Waals surface area contributed by atoms with Crippen molar-refractivity contribution in [3.63, 3.8) is 0 Å². The van der Waals surface area contributed by atoms with E-state index in [-0.39, 0.29) is 10.5 Å². The molecule has 106 valence electrons. The molecule has 0 heterocycles. The Morgan fingerprint density at radius 2 is 1.62 bits per heavy atom. The summed E-state index contributed by atoms with van der Waals surface area (Å²) in [6.07, 6.45) is 0. The molecular formula is C15H10BrNO3S. The maximum absolute atomic E-state index is 12.2. The Bertz CT molecular complexity index is 803. The molecule has 0 spiro atoms. The van der Waals surface area contributed by atoms with E-state index in [1.807, 2.05) is 6.07 Å². The van der Waals surface area contributed by atoms with E-state index in [0.29, 0.717) is 5.56 Å². The highest BCUT2D eigenvalue weighted by molar-refractivity contribution is 9.10. The molecule has 0 radical (unpaired) electrons. The van der Waals surface area contributed by atoms with Crippen LogP contribution in [0.5, 0.6) is 0 Å². The molecule has 2 aromatic rings. The average molecular weight is 364 g/mol. The van der Waals surface area contributed by atoms with Gasteiger partial charge in [0, 0.05) is 10.0 Å². The van der Waals surface area contributed by atoms with Crippen LogP contribution in [0.15, 0.2) is 57.9 Å². The van der Waals surface area contributed by atoms with Crippen molar-refractivity contribution in [1.82, 2.24) is 0 Å². The van der Waals surface area contributed by atoms with Gasteiger partial charge in [0.1, 0.15) is 5.75 Å². The van der Waals surface area contributed by atoms with Crippen LogP contribution >= 0.6 is 15.9 Å². The van der Waals surface area contributed by atoms with E-state index < -0.39 is 21.4 Å². The van der Waals surface area contributed by atoms with Crippen LogP contribution in [0.25, 0.3) is 0 Å². The Morgan fingerprint density at radius 3 is 2.14 bits per heavy atom. The first-order chi connectivity index (χ1) is 9.92. The monoisotopic (exact) mass is 363 g/mol. The number of nitrogens with zero attached hydrogens (tertiary/aromatic N) is 1. The zero-order chi connectivity index (χ0) is 15.5. The van der Waals surface area contributed by atoms with Gasteiger partial charge in [-0.15, -0.1) is 0 Å². The third kappa shape index (κ3) is 3.78. The molecule has 0 N–H and O–H groups in total. The van der Waals surface area contributed by atoms with Crippen LogP contribution in [0.3, 0.4) is 0 Å². The quantitative estimate of drug-likeness (QED) is 0.782. The van der Waals surface area contributed by atoms with Crippen LogP contribution in [0.1, 0.15) is 15.9 Å². The number of ketones is 1. The van der Waals surface area contributed by atoms with E-state index in [0.717, 1.165) is 4.47 Å². The van der Waals surface area contributed by atoms with Crippen molar-refractivity contribution >= 4 is 31.6 Å². The number of sulfone groups is 1. The number of benzene rings is 2. The van der Waals surface area contributed by atoms with Crippen LogP contribution in [0, 0.1) is 11.3 Å². The second-order valence-corrected chi connectivity index (χ2v) is 7.23. The Balaban J connectivity index is 2.21. The highest BCUT2D eigenvalue weighted by Gasteiger charge is 2.20. The smallest absolute Gasteiger partial charge is 0.185 e. The van der Waals surface area contributed by atoms with Crippen molar-refractivity contribution in [3.8, 4) is 6.07 Å². The Kier molecular flexibility index (Phi) is 4.56. The first kappa shape index (κ1) is 15.4. The minimum absolute atomic E-state index is 0.104. The van der Waals surface area contributed by atoms with E-state index in [1.54, 1.807) is 12.1 Å². The summed E-state index contributed by atoms with van der Waals surface area (Å²) in [5.41, 5.74) is 0.692. The molecule has 0 fully saturated rings. The van der Waals surface area contributed by atoms with Gasteiger partial charge in [-0.3, -0.25) is 4.79 Å². The SMILES string of the molecule is N#Cc1ccc(C(=O)CS(=O)(=O)c2ccc(Br)cc2)cc1. The minimum atomic E-state index is -3.68. The molecule has 6 heteroatoms. The molecule has 4 nitrogen and oxygen atoms in total. The van der Waals surface area contributed by atoms with Crippen LogP contribution in [-0.4, -0.2) is 20.0 Å². The van der Waals surface area contributed by atoms with Gasteiger partial charge in [-0.1, -0.05) is 28.1 Å². The molecule has 2 rings (SSSR count). The van der Waals surface area contributed by atoms with E-state index in [2.05, 4.69) is 15.9 Å². The molecule has 0 aliphatic heterocycles. The molecule has 0 bridgehead atoms. The van der Waals surface area contributed by atoms with Gasteiger partial charge in [0.25, 0.3) is 0 Å². The van der Waals surface area contributed by atoms with Crippen molar-refractivity contribution < 1.29 is 13.2 Å². The topological polar surface area (TPSA) is 75.0 Å². The number of carbonyl (C=O) groups excluding carboxylic acids is 1. The Morgan fingerprint density at radius 1 is 1.05 bits per heavy atom. The number of Topliss-reactive ketones (excluding diaryl/α,β-unsaturated/α-hetero) is 1. The fraction of sp³-hybridized carbons (Fsp3) is 0.0667. The zero-order valence-electron chi connectivity index (χ0n) is 10.8. The molecule has 0 amide bonds. The number of hydrogen-bond acceptors (Lipinski definition) is 4. The van der Waals surface area contributed by atoms with E-state index in [4.69, 9.17) is 5.26 Å². The summed E-state index contributed by atoms with van der Waals surface area (Å²) in [5.74, 6) is -1.09. The highest BCUT2D eigenvalue weighted by atomic mass is 79.9. The highest BCUT2D eigenvalue weighted by Crippen LogP contribution is 2.17. The summed E-state index contributed by atoms with van der Waals surface area (Å²) in [6.45, 7) is 0. The number of halogens is 1. The molecule has 0 atom stereocenters. The Labute approximate surface area is 131 Å². The average Bonchev–Trinajstić information content (AvgIpc) is 2.47. The normalized spacial score (nSPS) is 10.9. The van der Waals surface area contributed by atoms with Gasteiger partial charge in [-0.25, -0.2) is 8.42 Å². The van der Waals surface area contributed by atoms with Gasteiger partial charge in [0.15, 0.2) is 15.6 Å². The summed E-state index contributed by atoms with van der Waals surface area (Å²) >= 11 is 3.23. The van der Waals surface area contributed by atoms with Crippen molar-refractivity contribution in [2.45, 2.75) is 4.90 Å². The van der Waals surface area contributed by atoms with Crippen molar-refractivity contribution in [1.29, 1.82) is 5.26 Å². The number of hydrogen-bond donors (Lipinski definition) is 0. The minimum Gasteiger partial charge on any atom is -0.293 e. The number of rotatable bonds is 4. The summed E-state index contributed by atoms with van der Waals surface area (Å²) in [6, 6.07) is 13.9. The van der Waals surface area contributed by atoms with E-state index in [9.17, 15) is 13.2 Å². The second-order valence-electron chi connectivity index (χ2n) is 4.33. The van der Waals surface area contributed by atoms with Gasteiger partial charge in [-0.2, -0.15) is 5.26 Å². The molecule has 0 aliphatic rings. The van der Waals surface area contributed by atoms with Gasteiger partial charge in [0.2, 0.25) is 0 Å². The van der Waals surface area contributed by atoms with Crippen molar-refractivity contribution in [2.75, 3.05) is 5.75 Å². The van der Waals surface area contributed by atoms with Gasteiger partial charge >= 0.3 is 0 Å². The lowest BCUT2D eigenvalue weighted by Gasteiger charge is -2.04. The predicted molar refractivity (Wildman–Crippen MR) is 81.7 cm³/mol. The fourth-order valence-corrected chi connectivity index (χ4v) is 3.21. The first-order valence-corrected chi connectivity index (χ1v) is 8.38. The number of carbonyl (C=O) groups is 1. The van der Waals surface area contributed by atoms with E-state index >= 15 is 0 Å². The lowest BCUT2D eigenvalue weighted by Crippen LogP contribution is -2.16. The number of nitriles is 1. The lowest BCUT2D eigenvalue weighted by atomic mass is 10.1. The molecule has 0 saturated carbocycles. The first-order valence-electron chi connectivity index (χ1n) is 5.94. The summed E-state index contributed by atoms with van der Waals surface area (Å²) in [4.78, 5) is 12.1. The van der Waals surface area contributed by atoms with E-state index in [1.165, 1.54) is 36.4 Å². The Hall–Kier alpha value is -1.97. The van der Waals surface area contributed by atoms with Gasteiger partial charge in [-0.05, 0) is 36.4 Å². The largest absolute Gasteiger partial charge is 0.293 e. The summed E-state index contributed by atoms with van der Waals surface area (Å²) in [5, 5.41) is 8.69. The molecule has 0 aliphatic carbocycles. The third-order valence-electron chi connectivity index (χ3n) is 2.83. The third-order valence-corrected chi connectivity index (χ3v) is 4.99. The fourth-order valence-electron chi connectivity index (χ4n) is 1.71. The second kappa shape index (κ2) is 6.20. The zero-order valence-corrected chi connectivity index (χ0v) is 13.2. The molecule has 0 saturated heterocycles. The molecule has 21 heavy (non-hydrogen) atoms. The summed E-state index contributed by atoms with van der Waals surface area (Å²) in [7, 11) is -3.68. The van der Waals surface area contributed by atoms with Crippen molar-refractivity contribution in [2.24, 2.45) is 0 Å². The predicted octanol–water partition coefficient (Wildman–Crippen LogP) is 2.98. The van der Waals surface area contributed by atoms with Crippen molar-refractivity contribution in [3.05, 3.63) is 64.1 Å². The molecule has 0 unspecified atom stereocenters. The van der Waals surface area contributed by atoms with Crippen LogP contribution < -0.4 is 0 Å². The van der Waals surface area contributed by atoms with Crippen LogP contribution in [-0.2, 0) is 9.84 Å². The van der Waals surface area contributed by atoms with Gasteiger partial charge in [0.05, 0.1) is 16.5 Å². The van der Waals surface area contributed by atoms with Gasteiger partial charge < -0.3 is 0 Å². The maximum Gasteiger partial charge on any atom is 0.185 e. The maximum atomic E-state index is 12.2.